The summed E-state index contributed by atoms with van der Waals surface area (Å²) < 4.78 is 0. The maximum absolute atomic E-state index is 2.08. The van der Waals surface area contributed by atoms with Gasteiger partial charge in [-0.25, -0.2) is 0 Å². The molecular weight excluding hydrogens is 267 g/mol. The van der Waals surface area contributed by atoms with Crippen LogP contribution in [0.25, 0.3) is 0 Å². The molecule has 0 heterocycles. The molecule has 0 unspecified atom stereocenters. The molecule has 34 valence electrons. The van der Waals surface area contributed by atoms with E-state index in [0.29, 0.717) is 0 Å². The Morgan fingerprint density at radius 3 is 1.50 bits per heavy atom. The summed E-state index contributed by atoms with van der Waals surface area (Å²) in [6, 6.07) is 0. The maximum Gasteiger partial charge on any atom is 0 e. The third-order valence-corrected chi connectivity index (χ3v) is 0.577. The number of allylic oxidation sites excluding steroid dienone is 2. The molecular formula is C5H10Pb. The molecule has 0 rings (SSSR count). The molecule has 0 bridgehead atoms. The SMILES string of the molecule is CC=C(C)C.[Pb]. The van der Waals surface area contributed by atoms with Gasteiger partial charge in [-0.15, -0.1) is 0 Å². The first-order valence-corrected chi connectivity index (χ1v) is 1.87. The van der Waals surface area contributed by atoms with Gasteiger partial charge in [-0.05, 0) is 20.8 Å². The predicted octanol–water partition coefficient (Wildman–Crippen LogP) is 1.59. The van der Waals surface area contributed by atoms with Crippen LogP contribution >= 0.6 is 0 Å². The molecule has 0 amide bonds. The molecule has 1 heteroatoms. The Balaban J connectivity index is 0. The number of rotatable bonds is 0. The Labute approximate surface area is 59.8 Å². The molecule has 0 aliphatic rings. The molecule has 0 aromatic heterocycles. The van der Waals surface area contributed by atoms with Gasteiger partial charge < -0.3 is 0 Å². The molecule has 4 radical (unpaired) electrons. The topological polar surface area (TPSA) is 0 Å². The Hall–Kier alpha value is 0.662. The van der Waals surface area contributed by atoms with Crippen molar-refractivity contribution in [3.8, 4) is 0 Å². The summed E-state index contributed by atoms with van der Waals surface area (Å²) in [7, 11) is 0. The van der Waals surface area contributed by atoms with Gasteiger partial charge in [0.15, 0.2) is 0 Å². The molecule has 0 saturated carbocycles. The Bertz CT molecular complexity index is 41.9. The van der Waals surface area contributed by atoms with Crippen molar-refractivity contribution in [2.24, 2.45) is 0 Å². The summed E-state index contributed by atoms with van der Waals surface area (Å²) in [6.07, 6.45) is 2.08. The summed E-state index contributed by atoms with van der Waals surface area (Å²) >= 11 is 0. The second-order valence-corrected chi connectivity index (χ2v) is 1.37. The molecule has 0 atom stereocenters. The zero-order valence-corrected chi connectivity index (χ0v) is 8.46. The van der Waals surface area contributed by atoms with Gasteiger partial charge in [0.25, 0.3) is 0 Å². The van der Waals surface area contributed by atoms with Crippen LogP contribution in [-0.2, 0) is 0 Å². The molecule has 0 aliphatic carbocycles. The van der Waals surface area contributed by atoms with Crippen molar-refractivity contribution >= 4 is 27.3 Å². The van der Waals surface area contributed by atoms with Crippen LogP contribution in [0.2, 0.25) is 0 Å². The molecule has 0 nitrogen and oxygen atoms in total. The fourth-order valence-electron chi connectivity index (χ4n) is 0. The summed E-state index contributed by atoms with van der Waals surface area (Å²) in [5.74, 6) is 0. The fraction of sp³-hybridized carbons (Fsp3) is 0.600. The van der Waals surface area contributed by atoms with Crippen LogP contribution in [0.3, 0.4) is 0 Å². The Kier molecular flexibility index (Phi) is 9.27. The summed E-state index contributed by atoms with van der Waals surface area (Å²) in [4.78, 5) is 0. The van der Waals surface area contributed by atoms with Gasteiger partial charge in [-0.3, -0.25) is 0 Å². The maximum atomic E-state index is 2.08. The smallest absolute Gasteiger partial charge is 0 e. The van der Waals surface area contributed by atoms with E-state index in [1.54, 1.807) is 0 Å². The molecule has 0 fully saturated rings. The number of hydrogen-bond acceptors (Lipinski definition) is 0. The van der Waals surface area contributed by atoms with Crippen molar-refractivity contribution in [3.05, 3.63) is 11.6 Å². The van der Waals surface area contributed by atoms with Gasteiger partial charge in [0, 0.05) is 27.3 Å². The van der Waals surface area contributed by atoms with Crippen LogP contribution in [0, 0.1) is 0 Å². The van der Waals surface area contributed by atoms with Crippen molar-refractivity contribution in [2.75, 3.05) is 0 Å². The molecule has 0 spiro atoms. The minimum absolute atomic E-state index is 0. The molecule has 6 heavy (non-hydrogen) atoms. The minimum atomic E-state index is 0. The van der Waals surface area contributed by atoms with Crippen molar-refractivity contribution in [1.82, 2.24) is 0 Å². The van der Waals surface area contributed by atoms with E-state index in [2.05, 4.69) is 19.9 Å². The van der Waals surface area contributed by atoms with Gasteiger partial charge in [0.2, 0.25) is 0 Å². The molecule has 0 N–H and O–H groups in total. The van der Waals surface area contributed by atoms with Crippen LogP contribution in [0.5, 0.6) is 0 Å². The molecule has 0 aromatic carbocycles. The average molecular weight is 277 g/mol. The van der Waals surface area contributed by atoms with Crippen molar-refractivity contribution in [2.45, 2.75) is 20.8 Å². The zero-order valence-electron chi connectivity index (χ0n) is 4.58. The van der Waals surface area contributed by atoms with Crippen LogP contribution in [0.4, 0.5) is 0 Å². The van der Waals surface area contributed by atoms with Crippen molar-refractivity contribution < 1.29 is 0 Å². The van der Waals surface area contributed by atoms with Crippen LogP contribution in [0.15, 0.2) is 11.6 Å². The van der Waals surface area contributed by atoms with E-state index < -0.39 is 0 Å². The second kappa shape index (κ2) is 5.66. The zero-order chi connectivity index (χ0) is 4.28. The van der Waals surface area contributed by atoms with Crippen molar-refractivity contribution in [1.29, 1.82) is 0 Å². The van der Waals surface area contributed by atoms with E-state index in [4.69, 9.17) is 0 Å². The Morgan fingerprint density at radius 2 is 1.50 bits per heavy atom. The normalized spacial score (nSPS) is 5.83. The van der Waals surface area contributed by atoms with Gasteiger partial charge in [0.05, 0.1) is 0 Å². The first kappa shape index (κ1) is 9.83. The quantitative estimate of drug-likeness (QED) is 0.466. The molecule has 0 aliphatic heterocycles. The third-order valence-electron chi connectivity index (χ3n) is 0.577. The monoisotopic (exact) mass is 278 g/mol. The van der Waals surface area contributed by atoms with E-state index in [-0.39, 0.29) is 27.3 Å². The third kappa shape index (κ3) is 8.82. The van der Waals surface area contributed by atoms with Crippen LogP contribution < -0.4 is 0 Å². The van der Waals surface area contributed by atoms with Gasteiger partial charge in [-0.2, -0.15) is 0 Å². The Morgan fingerprint density at radius 1 is 1.33 bits per heavy atom. The largest absolute Gasteiger partial charge is 0.0890 e. The summed E-state index contributed by atoms with van der Waals surface area (Å²) in [5.41, 5.74) is 1.38. The first-order chi connectivity index (χ1) is 2.27. The molecule has 0 saturated heterocycles. The van der Waals surface area contributed by atoms with E-state index in [9.17, 15) is 0 Å². The fourth-order valence-corrected chi connectivity index (χ4v) is 0. The van der Waals surface area contributed by atoms with E-state index >= 15 is 0 Å². The van der Waals surface area contributed by atoms with E-state index in [1.807, 2.05) is 6.92 Å². The second-order valence-electron chi connectivity index (χ2n) is 1.37. The predicted molar refractivity (Wildman–Crippen MR) is 30.9 cm³/mol. The van der Waals surface area contributed by atoms with Gasteiger partial charge in [0.1, 0.15) is 0 Å². The van der Waals surface area contributed by atoms with Gasteiger partial charge >= 0.3 is 0 Å². The molecule has 0 aromatic rings. The summed E-state index contributed by atoms with van der Waals surface area (Å²) in [6.45, 7) is 6.20. The van der Waals surface area contributed by atoms with Crippen molar-refractivity contribution in [3.63, 3.8) is 0 Å². The van der Waals surface area contributed by atoms with E-state index in [0.717, 1.165) is 0 Å². The standard InChI is InChI=1S/C5H10.Pb/c1-4-5(2)3;/h4H,1-3H3;. The first-order valence-electron chi connectivity index (χ1n) is 1.87. The summed E-state index contributed by atoms with van der Waals surface area (Å²) in [5, 5.41) is 0. The van der Waals surface area contributed by atoms with Crippen LogP contribution in [0.1, 0.15) is 20.8 Å². The number of hydrogen-bond donors (Lipinski definition) is 0. The van der Waals surface area contributed by atoms with E-state index in [1.165, 1.54) is 5.57 Å². The van der Waals surface area contributed by atoms with Crippen LogP contribution in [-0.4, -0.2) is 27.3 Å². The minimum Gasteiger partial charge on any atom is -0.0890 e. The van der Waals surface area contributed by atoms with Gasteiger partial charge in [-0.1, -0.05) is 11.6 Å². The average Bonchev–Trinajstić information content (AvgIpc) is 1.38.